The van der Waals surface area contributed by atoms with Gasteiger partial charge in [0.25, 0.3) is 5.56 Å². The maximum atomic E-state index is 12.9. The largest absolute Gasteiger partial charge is 0.416 e. The van der Waals surface area contributed by atoms with Gasteiger partial charge in [-0.15, -0.1) is 11.8 Å². The van der Waals surface area contributed by atoms with E-state index >= 15 is 0 Å². The number of anilines is 2. The molecule has 0 aliphatic heterocycles. The number of pyridine rings is 1. The zero-order valence-corrected chi connectivity index (χ0v) is 18.8. The molecule has 4 aromatic rings. The number of carbonyl (C=O) groups is 1. The molecule has 174 valence electrons. The van der Waals surface area contributed by atoms with Crippen molar-refractivity contribution < 1.29 is 18.0 Å². The van der Waals surface area contributed by atoms with E-state index in [1.54, 1.807) is 36.4 Å². The predicted molar refractivity (Wildman–Crippen MR) is 127 cm³/mol. The molecule has 2 aromatic carbocycles. The molecule has 11 heteroatoms. The number of amides is 2. The standard InChI is InChI=1S/C23H16ClF3N4O2S/c24-15-8-9-20-28-17(11-21(32)31(20)12-15)13-34-19-7-2-1-6-18(19)30-22(33)29-16-5-3-4-14(10-16)23(25,26)27/h1-12H,13H2,(H2,29,30,33). The Labute approximate surface area is 200 Å². The molecule has 2 N–H and O–H groups in total. The number of hydrogen-bond acceptors (Lipinski definition) is 4. The number of urea groups is 1. The number of benzene rings is 2. The minimum atomic E-state index is -4.51. The Hall–Kier alpha value is -3.50. The first-order valence-electron chi connectivity index (χ1n) is 9.84. The number of nitrogens with zero attached hydrogens (tertiary/aromatic N) is 2. The van der Waals surface area contributed by atoms with Crippen molar-refractivity contribution in [3.05, 3.63) is 99.6 Å². The van der Waals surface area contributed by atoms with Crippen LogP contribution in [0.3, 0.4) is 0 Å². The van der Waals surface area contributed by atoms with E-state index in [1.165, 1.54) is 40.6 Å². The molecule has 2 aromatic heterocycles. The number of halogens is 4. The van der Waals surface area contributed by atoms with E-state index in [-0.39, 0.29) is 11.2 Å². The van der Waals surface area contributed by atoms with Crippen molar-refractivity contribution >= 4 is 46.4 Å². The van der Waals surface area contributed by atoms with Crippen LogP contribution in [0.25, 0.3) is 5.65 Å². The molecular formula is C23H16ClF3N4O2S. The second-order valence-electron chi connectivity index (χ2n) is 7.10. The summed E-state index contributed by atoms with van der Waals surface area (Å²) < 4.78 is 40.0. The van der Waals surface area contributed by atoms with E-state index in [4.69, 9.17) is 11.6 Å². The van der Waals surface area contributed by atoms with Crippen molar-refractivity contribution in [2.24, 2.45) is 0 Å². The van der Waals surface area contributed by atoms with Crippen molar-refractivity contribution in [3.63, 3.8) is 0 Å². The van der Waals surface area contributed by atoms with Crippen LogP contribution in [-0.2, 0) is 11.9 Å². The Morgan fingerprint density at radius 3 is 2.62 bits per heavy atom. The maximum absolute atomic E-state index is 12.9. The van der Waals surface area contributed by atoms with Crippen molar-refractivity contribution in [3.8, 4) is 0 Å². The van der Waals surface area contributed by atoms with E-state index in [0.29, 0.717) is 32.7 Å². The van der Waals surface area contributed by atoms with Gasteiger partial charge in [0.2, 0.25) is 0 Å². The lowest BCUT2D eigenvalue weighted by molar-refractivity contribution is -0.137. The van der Waals surface area contributed by atoms with Gasteiger partial charge in [0.15, 0.2) is 0 Å². The summed E-state index contributed by atoms with van der Waals surface area (Å²) in [4.78, 5) is 29.9. The summed E-state index contributed by atoms with van der Waals surface area (Å²) in [6.07, 6.45) is -3.02. The van der Waals surface area contributed by atoms with Crippen LogP contribution in [0.2, 0.25) is 5.02 Å². The summed E-state index contributed by atoms with van der Waals surface area (Å²) in [5, 5.41) is 5.48. The molecule has 4 rings (SSSR count). The highest BCUT2D eigenvalue weighted by atomic mass is 35.5. The second-order valence-corrected chi connectivity index (χ2v) is 8.56. The number of nitrogens with one attached hydrogen (secondary N) is 2. The fraction of sp³-hybridized carbons (Fsp3) is 0.0870. The molecule has 0 bridgehead atoms. The number of para-hydroxylation sites is 1. The summed E-state index contributed by atoms with van der Waals surface area (Å²) >= 11 is 7.27. The molecule has 2 heterocycles. The van der Waals surface area contributed by atoms with E-state index in [9.17, 15) is 22.8 Å². The molecule has 0 spiro atoms. The first-order valence-corrected chi connectivity index (χ1v) is 11.2. The molecule has 0 fully saturated rings. The minimum Gasteiger partial charge on any atom is -0.308 e. The fourth-order valence-corrected chi connectivity index (χ4v) is 4.17. The zero-order valence-electron chi connectivity index (χ0n) is 17.3. The van der Waals surface area contributed by atoms with Crippen LogP contribution in [0.15, 0.2) is 82.6 Å². The van der Waals surface area contributed by atoms with Crippen LogP contribution >= 0.6 is 23.4 Å². The lowest BCUT2D eigenvalue weighted by Crippen LogP contribution is -2.20. The van der Waals surface area contributed by atoms with Gasteiger partial charge in [0.1, 0.15) is 5.65 Å². The highest BCUT2D eigenvalue weighted by molar-refractivity contribution is 7.98. The quantitative estimate of drug-likeness (QED) is 0.313. The minimum absolute atomic E-state index is 0.0124. The molecule has 0 radical (unpaired) electrons. The van der Waals surface area contributed by atoms with Crippen LogP contribution in [0.1, 0.15) is 11.3 Å². The first-order chi connectivity index (χ1) is 16.2. The zero-order chi connectivity index (χ0) is 24.3. The van der Waals surface area contributed by atoms with Gasteiger partial charge in [0, 0.05) is 28.6 Å². The normalized spacial score (nSPS) is 11.4. The van der Waals surface area contributed by atoms with Crippen molar-refractivity contribution in [2.45, 2.75) is 16.8 Å². The molecule has 0 unspecified atom stereocenters. The van der Waals surface area contributed by atoms with Gasteiger partial charge in [-0.3, -0.25) is 9.20 Å². The lowest BCUT2D eigenvalue weighted by atomic mass is 10.2. The highest BCUT2D eigenvalue weighted by Gasteiger charge is 2.30. The molecule has 6 nitrogen and oxygen atoms in total. The van der Waals surface area contributed by atoms with Gasteiger partial charge >= 0.3 is 12.2 Å². The van der Waals surface area contributed by atoms with E-state index in [2.05, 4.69) is 15.6 Å². The fourth-order valence-electron chi connectivity index (χ4n) is 3.11. The Balaban J connectivity index is 1.46. The Kier molecular flexibility index (Phi) is 6.80. The third-order valence-electron chi connectivity index (χ3n) is 4.64. The Bertz CT molecular complexity index is 1430. The van der Waals surface area contributed by atoms with Gasteiger partial charge in [-0.05, 0) is 42.5 Å². The van der Waals surface area contributed by atoms with Gasteiger partial charge in [-0.1, -0.05) is 29.8 Å². The summed E-state index contributed by atoms with van der Waals surface area (Å²) in [7, 11) is 0. The summed E-state index contributed by atoms with van der Waals surface area (Å²) in [6, 6.07) is 15.3. The SMILES string of the molecule is O=C(Nc1cccc(C(F)(F)F)c1)Nc1ccccc1SCc1cc(=O)n2cc(Cl)ccc2n1. The monoisotopic (exact) mass is 504 g/mol. The first kappa shape index (κ1) is 23.7. The molecule has 2 amide bonds. The highest BCUT2D eigenvalue weighted by Crippen LogP contribution is 2.31. The number of carbonyl (C=O) groups excluding carboxylic acids is 1. The number of aromatic nitrogens is 2. The average Bonchev–Trinajstić information content (AvgIpc) is 2.78. The average molecular weight is 505 g/mol. The molecule has 0 saturated carbocycles. The lowest BCUT2D eigenvalue weighted by Gasteiger charge is -2.13. The van der Waals surface area contributed by atoms with Crippen molar-refractivity contribution in [1.29, 1.82) is 0 Å². The number of fused-ring (bicyclic) bond motifs is 1. The van der Waals surface area contributed by atoms with E-state index < -0.39 is 17.8 Å². The number of hydrogen-bond donors (Lipinski definition) is 2. The number of rotatable bonds is 5. The van der Waals surface area contributed by atoms with Gasteiger partial charge in [-0.2, -0.15) is 13.2 Å². The molecule has 34 heavy (non-hydrogen) atoms. The maximum Gasteiger partial charge on any atom is 0.416 e. The van der Waals surface area contributed by atoms with Crippen LogP contribution in [0, 0.1) is 0 Å². The Morgan fingerprint density at radius 2 is 1.82 bits per heavy atom. The smallest absolute Gasteiger partial charge is 0.308 e. The van der Waals surface area contributed by atoms with E-state index in [1.807, 2.05) is 0 Å². The topological polar surface area (TPSA) is 75.5 Å². The molecule has 0 aliphatic rings. The molecule has 0 atom stereocenters. The van der Waals surface area contributed by atoms with Gasteiger partial charge in [-0.25, -0.2) is 9.78 Å². The molecule has 0 saturated heterocycles. The van der Waals surface area contributed by atoms with Gasteiger partial charge in [0.05, 0.1) is 22.0 Å². The van der Waals surface area contributed by atoms with Crippen molar-refractivity contribution in [2.75, 3.05) is 10.6 Å². The third kappa shape index (κ3) is 5.70. The predicted octanol–water partition coefficient (Wildman–Crippen LogP) is 6.30. The van der Waals surface area contributed by atoms with Crippen LogP contribution < -0.4 is 16.2 Å². The molecular weight excluding hydrogens is 489 g/mol. The van der Waals surface area contributed by atoms with Crippen LogP contribution in [0.5, 0.6) is 0 Å². The second kappa shape index (κ2) is 9.78. The summed E-state index contributed by atoms with van der Waals surface area (Å²) in [5.41, 5.74) is 0.344. The molecule has 0 aliphatic carbocycles. The van der Waals surface area contributed by atoms with Gasteiger partial charge < -0.3 is 10.6 Å². The summed E-state index contributed by atoms with van der Waals surface area (Å²) in [5.74, 6) is 0.350. The van der Waals surface area contributed by atoms with Crippen LogP contribution in [0.4, 0.5) is 29.3 Å². The number of alkyl halides is 3. The van der Waals surface area contributed by atoms with Crippen LogP contribution in [-0.4, -0.2) is 15.4 Å². The number of thioether (sulfide) groups is 1. The third-order valence-corrected chi connectivity index (χ3v) is 5.97. The van der Waals surface area contributed by atoms with E-state index in [0.717, 1.165) is 12.1 Å². The Morgan fingerprint density at radius 1 is 1.03 bits per heavy atom. The van der Waals surface area contributed by atoms with Crippen molar-refractivity contribution in [1.82, 2.24) is 9.38 Å². The summed E-state index contributed by atoms with van der Waals surface area (Å²) in [6.45, 7) is 0.